The molecule has 0 heterocycles. The van der Waals surface area contributed by atoms with E-state index in [4.69, 9.17) is 4.74 Å². The molecule has 1 N–H and O–H groups in total. The molecule has 1 atom stereocenters. The molecule has 4 nitrogen and oxygen atoms in total. The first kappa shape index (κ1) is 19.1. The van der Waals surface area contributed by atoms with Crippen molar-refractivity contribution in [3.05, 3.63) is 90.5 Å². The van der Waals surface area contributed by atoms with Crippen LogP contribution in [0.2, 0.25) is 0 Å². The lowest BCUT2D eigenvalue weighted by Gasteiger charge is -2.14. The van der Waals surface area contributed by atoms with E-state index in [0.29, 0.717) is 11.5 Å². The number of para-hydroxylation sites is 1. The second-order valence-electron chi connectivity index (χ2n) is 6.43. The maximum Gasteiger partial charge on any atom is 0.240 e. The Hall–Kier alpha value is -2.63. The van der Waals surface area contributed by atoms with Gasteiger partial charge in [-0.25, -0.2) is 13.1 Å². The number of aryl methyl sites for hydroxylation is 1. The zero-order chi connectivity index (χ0) is 19.1. The number of hydrogen-bond acceptors (Lipinski definition) is 3. The van der Waals surface area contributed by atoms with Crippen molar-refractivity contribution in [2.45, 2.75) is 30.7 Å². The third-order valence-corrected chi connectivity index (χ3v) is 5.78. The Morgan fingerprint density at radius 1 is 0.815 bits per heavy atom. The van der Waals surface area contributed by atoms with E-state index in [-0.39, 0.29) is 10.9 Å². The molecular formula is C22H23NO3S. The lowest BCUT2D eigenvalue weighted by Crippen LogP contribution is -2.32. The van der Waals surface area contributed by atoms with Gasteiger partial charge in [0.15, 0.2) is 0 Å². The monoisotopic (exact) mass is 381 g/mol. The molecule has 3 rings (SSSR count). The van der Waals surface area contributed by atoms with Gasteiger partial charge in [-0.3, -0.25) is 0 Å². The van der Waals surface area contributed by atoms with E-state index in [1.165, 1.54) is 5.56 Å². The van der Waals surface area contributed by atoms with Crippen LogP contribution in [0.5, 0.6) is 11.5 Å². The topological polar surface area (TPSA) is 55.4 Å². The Kier molecular flexibility index (Phi) is 6.27. The van der Waals surface area contributed by atoms with E-state index in [1.54, 1.807) is 24.3 Å². The van der Waals surface area contributed by atoms with Crippen molar-refractivity contribution in [1.29, 1.82) is 0 Å². The number of rotatable bonds is 8. The summed E-state index contributed by atoms with van der Waals surface area (Å²) in [7, 11) is -3.56. The third kappa shape index (κ3) is 5.67. The average Bonchev–Trinajstić information content (AvgIpc) is 2.68. The van der Waals surface area contributed by atoms with E-state index in [0.717, 1.165) is 12.8 Å². The van der Waals surface area contributed by atoms with E-state index in [1.807, 2.05) is 67.6 Å². The molecule has 0 saturated heterocycles. The molecule has 140 valence electrons. The predicted octanol–water partition coefficient (Wildman–Crippen LogP) is 4.78. The molecule has 3 aromatic rings. The highest BCUT2D eigenvalue weighted by Gasteiger charge is 2.17. The molecule has 0 aliphatic rings. The van der Waals surface area contributed by atoms with Gasteiger partial charge < -0.3 is 4.74 Å². The maximum atomic E-state index is 12.6. The summed E-state index contributed by atoms with van der Waals surface area (Å²) < 4.78 is 33.6. The number of nitrogens with one attached hydrogen (secondary N) is 1. The third-order valence-electron chi connectivity index (χ3n) is 4.18. The molecule has 5 heteroatoms. The highest BCUT2D eigenvalue weighted by molar-refractivity contribution is 7.89. The molecule has 0 aromatic heterocycles. The maximum absolute atomic E-state index is 12.6. The minimum absolute atomic E-state index is 0.157. The van der Waals surface area contributed by atoms with Crippen LogP contribution in [-0.2, 0) is 16.4 Å². The Balaban J connectivity index is 1.59. The van der Waals surface area contributed by atoms with Crippen LogP contribution in [0.4, 0.5) is 0 Å². The van der Waals surface area contributed by atoms with Gasteiger partial charge in [-0.1, -0.05) is 48.5 Å². The summed E-state index contributed by atoms with van der Waals surface area (Å²) in [5.74, 6) is 1.30. The van der Waals surface area contributed by atoms with E-state index in [2.05, 4.69) is 4.72 Å². The van der Waals surface area contributed by atoms with Crippen LogP contribution in [0, 0.1) is 0 Å². The van der Waals surface area contributed by atoms with Gasteiger partial charge >= 0.3 is 0 Å². The summed E-state index contributed by atoms with van der Waals surface area (Å²) in [5, 5.41) is 0. The molecule has 0 radical (unpaired) electrons. The van der Waals surface area contributed by atoms with Crippen molar-refractivity contribution < 1.29 is 13.2 Å². The van der Waals surface area contributed by atoms with Gasteiger partial charge in [0.25, 0.3) is 0 Å². The van der Waals surface area contributed by atoms with Gasteiger partial charge in [0.2, 0.25) is 10.0 Å². The van der Waals surface area contributed by atoms with Crippen molar-refractivity contribution in [2.24, 2.45) is 0 Å². The fourth-order valence-corrected chi connectivity index (χ4v) is 4.01. The van der Waals surface area contributed by atoms with Crippen molar-refractivity contribution in [3.8, 4) is 11.5 Å². The minimum Gasteiger partial charge on any atom is -0.457 e. The molecule has 0 saturated carbocycles. The van der Waals surface area contributed by atoms with Gasteiger partial charge in [-0.05, 0) is 61.7 Å². The van der Waals surface area contributed by atoms with Crippen LogP contribution in [0.25, 0.3) is 0 Å². The first-order chi connectivity index (χ1) is 13.0. The molecule has 0 amide bonds. The number of benzene rings is 3. The van der Waals surface area contributed by atoms with E-state index in [9.17, 15) is 8.42 Å². The van der Waals surface area contributed by atoms with Crippen LogP contribution in [-0.4, -0.2) is 14.5 Å². The lowest BCUT2D eigenvalue weighted by molar-refractivity contribution is 0.482. The molecule has 3 aromatic carbocycles. The minimum atomic E-state index is -3.56. The molecule has 27 heavy (non-hydrogen) atoms. The van der Waals surface area contributed by atoms with Gasteiger partial charge in [-0.2, -0.15) is 0 Å². The van der Waals surface area contributed by atoms with E-state index >= 15 is 0 Å². The predicted molar refractivity (Wildman–Crippen MR) is 108 cm³/mol. The van der Waals surface area contributed by atoms with Crippen LogP contribution >= 0.6 is 0 Å². The molecular weight excluding hydrogens is 358 g/mol. The number of ether oxygens (including phenoxy) is 1. The van der Waals surface area contributed by atoms with E-state index < -0.39 is 10.0 Å². The first-order valence-corrected chi connectivity index (χ1v) is 10.4. The molecule has 0 aliphatic heterocycles. The summed E-state index contributed by atoms with van der Waals surface area (Å²) >= 11 is 0. The summed E-state index contributed by atoms with van der Waals surface area (Å²) in [5.41, 5.74) is 1.20. The normalized spacial score (nSPS) is 12.5. The Morgan fingerprint density at radius 3 is 2.00 bits per heavy atom. The fraction of sp³-hybridized carbons (Fsp3) is 0.182. The summed E-state index contributed by atoms with van der Waals surface area (Å²) in [6.45, 7) is 1.88. The summed E-state index contributed by atoms with van der Waals surface area (Å²) in [6, 6.07) is 25.7. The molecule has 0 bridgehead atoms. The van der Waals surface area contributed by atoms with Crippen LogP contribution in [0.3, 0.4) is 0 Å². The second-order valence-corrected chi connectivity index (χ2v) is 8.15. The number of hydrogen-bond donors (Lipinski definition) is 1. The van der Waals surface area contributed by atoms with Crippen molar-refractivity contribution in [1.82, 2.24) is 4.72 Å². The Labute approximate surface area is 160 Å². The largest absolute Gasteiger partial charge is 0.457 e. The van der Waals surface area contributed by atoms with Crippen molar-refractivity contribution >= 4 is 10.0 Å². The van der Waals surface area contributed by atoms with Gasteiger partial charge in [-0.15, -0.1) is 0 Å². The highest BCUT2D eigenvalue weighted by Crippen LogP contribution is 2.22. The van der Waals surface area contributed by atoms with Crippen molar-refractivity contribution in [3.63, 3.8) is 0 Å². The fourth-order valence-electron chi connectivity index (χ4n) is 2.73. The van der Waals surface area contributed by atoms with Crippen LogP contribution < -0.4 is 9.46 Å². The zero-order valence-electron chi connectivity index (χ0n) is 15.2. The Bertz CT molecular complexity index is 940. The Morgan fingerprint density at radius 2 is 1.37 bits per heavy atom. The SMILES string of the molecule is C[C@H](CCc1ccccc1)NS(=O)(=O)c1ccc(Oc2ccccc2)cc1. The molecule has 0 spiro atoms. The van der Waals surface area contributed by atoms with Crippen LogP contribution in [0.15, 0.2) is 89.8 Å². The zero-order valence-corrected chi connectivity index (χ0v) is 16.0. The quantitative estimate of drug-likeness (QED) is 0.611. The standard InChI is InChI=1S/C22H23NO3S/c1-18(12-13-19-8-4-2-5-9-19)23-27(24,25)22-16-14-21(15-17-22)26-20-10-6-3-7-11-20/h2-11,14-18,23H,12-13H2,1H3/t18-/m1/s1. The summed E-state index contributed by atoms with van der Waals surface area (Å²) in [6.07, 6.45) is 1.56. The smallest absolute Gasteiger partial charge is 0.240 e. The molecule has 0 aliphatic carbocycles. The van der Waals surface area contributed by atoms with Gasteiger partial charge in [0.1, 0.15) is 11.5 Å². The van der Waals surface area contributed by atoms with Gasteiger partial charge in [0, 0.05) is 6.04 Å². The first-order valence-electron chi connectivity index (χ1n) is 8.92. The molecule has 0 fully saturated rings. The average molecular weight is 381 g/mol. The van der Waals surface area contributed by atoms with Gasteiger partial charge in [0.05, 0.1) is 4.90 Å². The van der Waals surface area contributed by atoms with Crippen LogP contribution in [0.1, 0.15) is 18.9 Å². The molecule has 0 unspecified atom stereocenters. The summed E-state index contributed by atoms with van der Waals surface area (Å²) in [4.78, 5) is 0.231. The second kappa shape index (κ2) is 8.84. The number of sulfonamides is 1. The van der Waals surface area contributed by atoms with Crippen molar-refractivity contribution in [2.75, 3.05) is 0 Å². The lowest BCUT2D eigenvalue weighted by atomic mass is 10.1. The highest BCUT2D eigenvalue weighted by atomic mass is 32.2.